The van der Waals surface area contributed by atoms with Crippen LogP contribution in [0, 0.1) is 0 Å². The number of carbonyl (C=O) groups is 1. The number of amides is 1. The largest absolute Gasteiger partial charge is 0.338 e. The lowest BCUT2D eigenvalue weighted by Gasteiger charge is -2.17. The zero-order valence-electron chi connectivity index (χ0n) is 8.13. The van der Waals surface area contributed by atoms with E-state index in [-0.39, 0.29) is 5.91 Å². The van der Waals surface area contributed by atoms with Gasteiger partial charge in [-0.3, -0.25) is 4.79 Å². The standard InChI is InChI=1S/C9H18N2O/c1-4-11(6-5-10)9(12)7-8(2)3/h7H,4-6,10H2,1-3H3. The fourth-order valence-corrected chi connectivity index (χ4v) is 0.918. The van der Waals surface area contributed by atoms with Crippen LogP contribution in [0.4, 0.5) is 0 Å². The molecule has 0 aromatic carbocycles. The summed E-state index contributed by atoms with van der Waals surface area (Å²) in [4.78, 5) is 13.1. The van der Waals surface area contributed by atoms with E-state index in [4.69, 9.17) is 5.73 Å². The Morgan fingerprint density at radius 3 is 2.42 bits per heavy atom. The first-order chi connectivity index (χ1) is 5.61. The fourth-order valence-electron chi connectivity index (χ4n) is 0.918. The fraction of sp³-hybridized carbons (Fsp3) is 0.667. The van der Waals surface area contributed by atoms with E-state index < -0.39 is 0 Å². The molecule has 0 aromatic rings. The summed E-state index contributed by atoms with van der Waals surface area (Å²) in [5.41, 5.74) is 6.38. The summed E-state index contributed by atoms with van der Waals surface area (Å²) >= 11 is 0. The molecule has 0 saturated carbocycles. The summed E-state index contributed by atoms with van der Waals surface area (Å²) in [6, 6.07) is 0. The monoisotopic (exact) mass is 170 g/mol. The highest BCUT2D eigenvalue weighted by Gasteiger charge is 2.06. The molecule has 0 aliphatic heterocycles. The number of likely N-dealkylation sites (N-methyl/N-ethyl adjacent to an activating group) is 1. The normalized spacial score (nSPS) is 9.33. The molecule has 3 heteroatoms. The smallest absolute Gasteiger partial charge is 0.246 e. The highest BCUT2D eigenvalue weighted by atomic mass is 16.2. The predicted octanol–water partition coefficient (Wildman–Crippen LogP) is 0.760. The van der Waals surface area contributed by atoms with Gasteiger partial charge in [-0.25, -0.2) is 0 Å². The van der Waals surface area contributed by atoms with Gasteiger partial charge in [0.1, 0.15) is 0 Å². The zero-order valence-corrected chi connectivity index (χ0v) is 8.13. The Kier molecular flexibility index (Phi) is 5.37. The molecule has 0 fully saturated rings. The molecule has 0 saturated heterocycles. The van der Waals surface area contributed by atoms with Crippen LogP contribution in [-0.4, -0.2) is 30.4 Å². The molecule has 0 atom stereocenters. The van der Waals surface area contributed by atoms with Gasteiger partial charge in [0.2, 0.25) is 5.91 Å². The Morgan fingerprint density at radius 1 is 1.50 bits per heavy atom. The van der Waals surface area contributed by atoms with Crippen molar-refractivity contribution in [3.8, 4) is 0 Å². The summed E-state index contributed by atoms with van der Waals surface area (Å²) in [6.07, 6.45) is 1.64. The number of rotatable bonds is 4. The molecular formula is C9H18N2O. The van der Waals surface area contributed by atoms with Gasteiger partial charge in [-0.1, -0.05) is 5.57 Å². The summed E-state index contributed by atoms with van der Waals surface area (Å²) in [5.74, 6) is 0.0583. The van der Waals surface area contributed by atoms with E-state index in [0.29, 0.717) is 13.1 Å². The van der Waals surface area contributed by atoms with E-state index in [1.54, 1.807) is 11.0 Å². The molecule has 0 radical (unpaired) electrons. The van der Waals surface area contributed by atoms with Crippen LogP contribution >= 0.6 is 0 Å². The molecule has 1 amide bonds. The molecule has 0 unspecified atom stereocenters. The number of allylic oxidation sites excluding steroid dienone is 1. The van der Waals surface area contributed by atoms with Gasteiger partial charge in [0.05, 0.1) is 0 Å². The van der Waals surface area contributed by atoms with Crippen LogP contribution in [0.1, 0.15) is 20.8 Å². The molecule has 0 bridgehead atoms. The summed E-state index contributed by atoms with van der Waals surface area (Å²) < 4.78 is 0. The van der Waals surface area contributed by atoms with Crippen LogP contribution in [0.25, 0.3) is 0 Å². The van der Waals surface area contributed by atoms with E-state index in [1.807, 2.05) is 20.8 Å². The molecule has 0 aliphatic carbocycles. The Hall–Kier alpha value is -0.830. The van der Waals surface area contributed by atoms with Crippen molar-refractivity contribution >= 4 is 5.91 Å². The minimum Gasteiger partial charge on any atom is -0.338 e. The third-order valence-corrected chi connectivity index (χ3v) is 1.50. The lowest BCUT2D eigenvalue weighted by atomic mass is 10.3. The molecule has 0 spiro atoms. The van der Waals surface area contributed by atoms with E-state index in [1.165, 1.54) is 0 Å². The second kappa shape index (κ2) is 5.77. The van der Waals surface area contributed by atoms with E-state index in [2.05, 4.69) is 0 Å². The molecule has 0 aliphatic rings. The van der Waals surface area contributed by atoms with Gasteiger partial charge < -0.3 is 10.6 Å². The first kappa shape index (κ1) is 11.2. The lowest BCUT2D eigenvalue weighted by molar-refractivity contribution is -0.125. The third-order valence-electron chi connectivity index (χ3n) is 1.50. The Bertz CT molecular complexity index is 171. The van der Waals surface area contributed by atoms with Gasteiger partial charge in [-0.2, -0.15) is 0 Å². The van der Waals surface area contributed by atoms with Crippen molar-refractivity contribution in [2.75, 3.05) is 19.6 Å². The summed E-state index contributed by atoms with van der Waals surface area (Å²) in [5, 5.41) is 0. The van der Waals surface area contributed by atoms with Gasteiger partial charge in [0.15, 0.2) is 0 Å². The van der Waals surface area contributed by atoms with Crippen LogP contribution in [0.15, 0.2) is 11.6 Å². The van der Waals surface area contributed by atoms with E-state index in [0.717, 1.165) is 12.1 Å². The lowest BCUT2D eigenvalue weighted by Crippen LogP contribution is -2.34. The molecule has 70 valence electrons. The van der Waals surface area contributed by atoms with Crippen molar-refractivity contribution in [2.24, 2.45) is 5.73 Å². The molecule has 3 nitrogen and oxygen atoms in total. The van der Waals surface area contributed by atoms with Gasteiger partial charge in [-0.15, -0.1) is 0 Å². The SMILES string of the molecule is CCN(CCN)C(=O)C=C(C)C. The van der Waals surface area contributed by atoms with Crippen LogP contribution in [0.2, 0.25) is 0 Å². The number of nitrogens with two attached hydrogens (primary N) is 1. The first-order valence-corrected chi connectivity index (χ1v) is 4.25. The van der Waals surface area contributed by atoms with E-state index in [9.17, 15) is 4.79 Å². The molecule has 12 heavy (non-hydrogen) atoms. The predicted molar refractivity (Wildman–Crippen MR) is 50.7 cm³/mol. The average molecular weight is 170 g/mol. The highest BCUT2D eigenvalue weighted by Crippen LogP contribution is 1.94. The summed E-state index contributed by atoms with van der Waals surface area (Å²) in [7, 11) is 0. The number of hydrogen-bond donors (Lipinski definition) is 1. The quantitative estimate of drug-likeness (QED) is 0.633. The zero-order chi connectivity index (χ0) is 9.56. The molecule has 0 aromatic heterocycles. The molecule has 0 rings (SSSR count). The van der Waals surface area contributed by atoms with Crippen LogP contribution in [0.5, 0.6) is 0 Å². The Labute approximate surface area is 74.2 Å². The minimum atomic E-state index is 0.0583. The average Bonchev–Trinajstić information content (AvgIpc) is 1.98. The Morgan fingerprint density at radius 2 is 2.08 bits per heavy atom. The van der Waals surface area contributed by atoms with Crippen molar-refractivity contribution in [1.29, 1.82) is 0 Å². The van der Waals surface area contributed by atoms with Gasteiger partial charge >= 0.3 is 0 Å². The molecular weight excluding hydrogens is 152 g/mol. The van der Waals surface area contributed by atoms with Crippen LogP contribution in [0.3, 0.4) is 0 Å². The topological polar surface area (TPSA) is 46.3 Å². The number of hydrogen-bond acceptors (Lipinski definition) is 2. The van der Waals surface area contributed by atoms with E-state index >= 15 is 0 Å². The van der Waals surface area contributed by atoms with Crippen LogP contribution < -0.4 is 5.73 Å². The highest BCUT2D eigenvalue weighted by molar-refractivity contribution is 5.88. The Balaban J connectivity index is 4.12. The van der Waals surface area contributed by atoms with Gasteiger partial charge in [0.25, 0.3) is 0 Å². The first-order valence-electron chi connectivity index (χ1n) is 4.25. The molecule has 2 N–H and O–H groups in total. The number of nitrogens with zero attached hydrogens (tertiary/aromatic N) is 1. The van der Waals surface area contributed by atoms with Gasteiger partial charge in [-0.05, 0) is 20.8 Å². The molecule has 0 heterocycles. The maximum absolute atomic E-state index is 11.4. The van der Waals surface area contributed by atoms with Crippen molar-refractivity contribution < 1.29 is 4.79 Å². The van der Waals surface area contributed by atoms with Crippen molar-refractivity contribution in [3.63, 3.8) is 0 Å². The minimum absolute atomic E-state index is 0.0583. The maximum atomic E-state index is 11.4. The van der Waals surface area contributed by atoms with Crippen molar-refractivity contribution in [3.05, 3.63) is 11.6 Å². The van der Waals surface area contributed by atoms with Crippen molar-refractivity contribution in [2.45, 2.75) is 20.8 Å². The third kappa shape index (κ3) is 4.13. The maximum Gasteiger partial charge on any atom is 0.246 e. The second-order valence-electron chi connectivity index (χ2n) is 2.93. The van der Waals surface area contributed by atoms with Crippen molar-refractivity contribution in [1.82, 2.24) is 4.90 Å². The second-order valence-corrected chi connectivity index (χ2v) is 2.93. The number of carbonyl (C=O) groups excluding carboxylic acids is 1. The summed E-state index contributed by atoms with van der Waals surface area (Å²) in [6.45, 7) is 7.66. The van der Waals surface area contributed by atoms with Gasteiger partial charge in [0, 0.05) is 25.7 Å². The van der Waals surface area contributed by atoms with Crippen LogP contribution in [-0.2, 0) is 4.79 Å².